The van der Waals surface area contributed by atoms with E-state index in [0.29, 0.717) is 28.0 Å². The average molecular weight is 454 g/mol. The number of carbonyl (C=O) groups is 1. The van der Waals surface area contributed by atoms with Gasteiger partial charge in [0.05, 0.1) is 13.2 Å². The Morgan fingerprint density at radius 1 is 1.30 bits per heavy atom. The van der Waals surface area contributed by atoms with Crippen molar-refractivity contribution in [3.05, 3.63) is 59.1 Å². The van der Waals surface area contributed by atoms with Gasteiger partial charge < -0.3 is 24.0 Å². The molecule has 1 aromatic heterocycles. The van der Waals surface area contributed by atoms with Crippen molar-refractivity contribution in [2.75, 3.05) is 19.0 Å². The molecule has 0 atom stereocenters. The van der Waals surface area contributed by atoms with Gasteiger partial charge in [-0.1, -0.05) is 6.08 Å². The third-order valence-electron chi connectivity index (χ3n) is 3.37. The van der Waals surface area contributed by atoms with Gasteiger partial charge in [-0.3, -0.25) is 14.7 Å². The van der Waals surface area contributed by atoms with E-state index in [2.05, 4.69) is 10.3 Å². The van der Waals surface area contributed by atoms with E-state index >= 15 is 0 Å². The summed E-state index contributed by atoms with van der Waals surface area (Å²) in [6.07, 6.45) is 4.05. The summed E-state index contributed by atoms with van der Waals surface area (Å²) in [5, 5.41) is 4.93. The number of nitrogens with zero attached hydrogens (tertiary/aromatic N) is 1. The van der Waals surface area contributed by atoms with Crippen molar-refractivity contribution in [3.63, 3.8) is 0 Å². The molecule has 0 radical (unpaired) electrons. The second kappa shape index (κ2) is 10.9. The Morgan fingerprint density at radius 2 is 2.03 bits per heavy atom. The highest BCUT2D eigenvalue weighted by atomic mass is 32.1. The highest BCUT2D eigenvalue weighted by Crippen LogP contribution is 2.35. The number of benzene rings is 1. The maximum Gasteiger partial charge on any atom is 0.349 e. The number of methoxy groups -OCH3 is 1. The van der Waals surface area contributed by atoms with Gasteiger partial charge >= 0.3 is 7.60 Å². The predicted molar refractivity (Wildman–Crippen MR) is 114 cm³/mol. The quantitative estimate of drug-likeness (QED) is 0.281. The number of hydrogen-bond donors (Lipinski definition) is 3. The van der Waals surface area contributed by atoms with Crippen molar-refractivity contribution in [2.45, 2.75) is 20.0 Å². The molecule has 162 valence electrons. The molecule has 11 heteroatoms. The molecule has 0 spiro atoms. The average Bonchev–Trinajstić information content (AvgIpc) is 3.15. The summed E-state index contributed by atoms with van der Waals surface area (Å²) < 4.78 is 27.4. The van der Waals surface area contributed by atoms with E-state index < -0.39 is 7.60 Å². The van der Waals surface area contributed by atoms with Crippen LogP contribution in [0.25, 0.3) is 0 Å². The molecule has 0 aliphatic rings. The van der Waals surface area contributed by atoms with E-state index in [1.165, 1.54) is 30.6 Å². The molecule has 0 unspecified atom stereocenters. The Morgan fingerprint density at radius 3 is 2.63 bits per heavy atom. The van der Waals surface area contributed by atoms with Crippen LogP contribution in [0.3, 0.4) is 0 Å². The Balaban J connectivity index is 2.18. The molecule has 0 aliphatic carbocycles. The van der Waals surface area contributed by atoms with Crippen LogP contribution >= 0.6 is 18.9 Å². The first-order valence-electron chi connectivity index (χ1n) is 8.79. The first kappa shape index (κ1) is 23.6. The predicted octanol–water partition coefficient (Wildman–Crippen LogP) is 3.78. The number of hydrogen-bond acceptors (Lipinski definition) is 7. The zero-order valence-electron chi connectivity index (χ0n) is 16.6. The third-order valence-corrected chi connectivity index (χ3v) is 4.62. The molecule has 9 nitrogen and oxygen atoms in total. The van der Waals surface area contributed by atoms with Crippen molar-refractivity contribution in [2.24, 2.45) is 0 Å². The Bertz CT molecular complexity index is 952. The van der Waals surface area contributed by atoms with Gasteiger partial charge in [-0.05, 0) is 32.1 Å². The molecule has 2 aromatic rings. The fourth-order valence-electron chi connectivity index (χ4n) is 2.17. The maximum absolute atomic E-state index is 12.6. The second-order valence-corrected chi connectivity index (χ2v) is 8.58. The van der Waals surface area contributed by atoms with Gasteiger partial charge in [0, 0.05) is 29.0 Å². The summed E-state index contributed by atoms with van der Waals surface area (Å²) in [5.41, 5.74) is 0.322. The summed E-state index contributed by atoms with van der Waals surface area (Å²) >= 11 is 1.30. The van der Waals surface area contributed by atoms with E-state index in [1.807, 2.05) is 13.8 Å². The lowest BCUT2D eigenvalue weighted by Gasteiger charge is -2.14. The minimum Gasteiger partial charge on any atom is -0.497 e. The van der Waals surface area contributed by atoms with Crippen LogP contribution in [-0.4, -0.2) is 40.5 Å². The smallest absolute Gasteiger partial charge is 0.349 e. The van der Waals surface area contributed by atoms with Crippen LogP contribution in [0.5, 0.6) is 11.5 Å². The van der Waals surface area contributed by atoms with Gasteiger partial charge in [-0.2, -0.15) is 0 Å². The summed E-state index contributed by atoms with van der Waals surface area (Å²) in [5.74, 6) is 1.53. The summed E-state index contributed by atoms with van der Waals surface area (Å²) in [7, 11) is -2.85. The van der Waals surface area contributed by atoms with Gasteiger partial charge in [0.15, 0.2) is 5.13 Å². The largest absolute Gasteiger partial charge is 0.497 e. The molecule has 1 heterocycles. The number of rotatable bonds is 10. The number of carbonyl (C=O) groups excluding carboxylic acids is 1. The van der Waals surface area contributed by atoms with Crippen LogP contribution < -0.4 is 14.8 Å². The lowest BCUT2D eigenvalue weighted by atomic mass is 10.2. The Labute approximate surface area is 178 Å². The van der Waals surface area contributed by atoms with Crippen molar-refractivity contribution in [3.8, 4) is 11.5 Å². The normalized spacial score (nSPS) is 12.3. The van der Waals surface area contributed by atoms with Crippen molar-refractivity contribution >= 4 is 30.0 Å². The van der Waals surface area contributed by atoms with E-state index in [-0.39, 0.29) is 18.6 Å². The Kier molecular flexibility index (Phi) is 8.61. The zero-order chi connectivity index (χ0) is 22.1. The molecule has 2 rings (SSSR count). The highest BCUT2D eigenvalue weighted by Gasteiger charge is 2.13. The second-order valence-electron chi connectivity index (χ2n) is 6.21. The molecule has 30 heavy (non-hydrogen) atoms. The molecular formula is C19H23N2O7PS. The fourth-order valence-corrected chi connectivity index (χ4v) is 3.01. The van der Waals surface area contributed by atoms with Crippen molar-refractivity contribution in [1.29, 1.82) is 0 Å². The number of ether oxygens (including phenoxy) is 3. The van der Waals surface area contributed by atoms with Crippen molar-refractivity contribution in [1.82, 2.24) is 4.98 Å². The van der Waals surface area contributed by atoms with Crippen LogP contribution in [0.1, 0.15) is 24.2 Å². The van der Waals surface area contributed by atoms with Crippen LogP contribution in [0.15, 0.2) is 53.5 Å². The van der Waals surface area contributed by atoms with E-state index in [1.54, 1.807) is 29.8 Å². The summed E-state index contributed by atoms with van der Waals surface area (Å²) in [6, 6.07) is 4.79. The third kappa shape index (κ3) is 8.38. The number of thiazole rings is 1. The fraction of sp³-hybridized carbons (Fsp3) is 0.263. The van der Waals surface area contributed by atoms with Gasteiger partial charge in [-0.15, -0.1) is 11.3 Å². The molecule has 3 N–H and O–H groups in total. The van der Waals surface area contributed by atoms with Gasteiger partial charge in [0.1, 0.15) is 23.9 Å². The lowest BCUT2D eigenvalue weighted by Crippen LogP contribution is -2.13. The monoisotopic (exact) mass is 454 g/mol. The molecule has 0 saturated carbocycles. The SMILES string of the molecule is CO/C(=C\C=C\P(=O)(O)O)COc1cc(OC(C)C)cc(C(=O)Nc2nccs2)c1. The zero-order valence-corrected chi connectivity index (χ0v) is 18.4. The summed E-state index contributed by atoms with van der Waals surface area (Å²) in [4.78, 5) is 34.3. The van der Waals surface area contributed by atoms with E-state index in [9.17, 15) is 9.36 Å². The van der Waals surface area contributed by atoms with Crippen LogP contribution in [0.2, 0.25) is 0 Å². The molecule has 0 bridgehead atoms. The van der Waals surface area contributed by atoms with Crippen LogP contribution in [0, 0.1) is 0 Å². The molecular weight excluding hydrogens is 431 g/mol. The summed E-state index contributed by atoms with van der Waals surface area (Å²) in [6.45, 7) is 3.70. The van der Waals surface area contributed by atoms with Crippen LogP contribution in [-0.2, 0) is 9.30 Å². The number of allylic oxidation sites excluding steroid dienone is 2. The molecule has 0 fully saturated rings. The lowest BCUT2D eigenvalue weighted by molar-refractivity contribution is 0.102. The standard InChI is InChI=1S/C19H23N2O7PS/c1-13(2)28-17-10-14(18(22)21-19-20-6-8-30-19)9-16(11-17)27-12-15(26-3)5-4-7-29(23,24)25/h4-11,13H,12H2,1-3H3,(H,20,21,22)(H2,23,24,25)/b7-4+,15-5-. The number of aromatic nitrogens is 1. The first-order chi connectivity index (χ1) is 14.2. The van der Waals surface area contributed by atoms with Crippen LogP contribution in [0.4, 0.5) is 5.13 Å². The van der Waals surface area contributed by atoms with Crippen molar-refractivity contribution < 1.29 is 33.4 Å². The number of nitrogens with one attached hydrogen (secondary N) is 1. The van der Waals surface area contributed by atoms with E-state index in [0.717, 1.165) is 5.82 Å². The molecule has 0 saturated heterocycles. The topological polar surface area (TPSA) is 127 Å². The minimum atomic E-state index is -4.26. The molecule has 1 amide bonds. The minimum absolute atomic E-state index is 0.0271. The first-order valence-corrected chi connectivity index (χ1v) is 11.4. The number of amides is 1. The number of anilines is 1. The Hall–Kier alpha value is -2.65. The van der Waals surface area contributed by atoms with E-state index in [4.69, 9.17) is 24.0 Å². The highest BCUT2D eigenvalue weighted by molar-refractivity contribution is 7.55. The maximum atomic E-state index is 12.6. The molecule has 1 aromatic carbocycles. The van der Waals surface area contributed by atoms with Gasteiger partial charge in [-0.25, -0.2) is 4.98 Å². The van der Waals surface area contributed by atoms with Gasteiger partial charge in [0.25, 0.3) is 5.91 Å². The van der Waals surface area contributed by atoms with Gasteiger partial charge in [0.2, 0.25) is 0 Å². The molecule has 0 aliphatic heterocycles.